The van der Waals surface area contributed by atoms with E-state index in [0.717, 1.165) is 23.3 Å². The van der Waals surface area contributed by atoms with Gasteiger partial charge in [0.1, 0.15) is 6.10 Å². The summed E-state index contributed by atoms with van der Waals surface area (Å²) in [5.41, 5.74) is 2.10. The normalized spacial score (nSPS) is 16.9. The van der Waals surface area contributed by atoms with Crippen molar-refractivity contribution in [1.82, 2.24) is 5.32 Å². The van der Waals surface area contributed by atoms with Gasteiger partial charge in [-0.05, 0) is 48.1 Å². The van der Waals surface area contributed by atoms with Gasteiger partial charge in [-0.2, -0.15) is 0 Å². The summed E-state index contributed by atoms with van der Waals surface area (Å²) in [6.07, 6.45) is 1.21. The molecule has 5 nitrogen and oxygen atoms in total. The fourth-order valence-corrected chi connectivity index (χ4v) is 4.18. The van der Waals surface area contributed by atoms with Crippen LogP contribution in [0.2, 0.25) is 0 Å². The number of rotatable bonds is 6. The fraction of sp³-hybridized carbons (Fsp3) is 0.217. The van der Waals surface area contributed by atoms with Crippen LogP contribution in [0.5, 0.6) is 0 Å². The van der Waals surface area contributed by atoms with Crippen molar-refractivity contribution in [3.8, 4) is 0 Å². The van der Waals surface area contributed by atoms with Crippen LogP contribution >= 0.6 is 11.3 Å². The van der Waals surface area contributed by atoms with Gasteiger partial charge in [0.25, 0.3) is 11.8 Å². The number of carbonyl (C=O) groups excluding carboxylic acids is 2. The average molecular weight is 407 g/mol. The lowest BCUT2D eigenvalue weighted by Crippen LogP contribution is -2.29. The zero-order valence-electron chi connectivity index (χ0n) is 15.8. The second kappa shape index (κ2) is 9.03. The Kier molecular flexibility index (Phi) is 6.03. The van der Waals surface area contributed by atoms with Crippen molar-refractivity contribution in [2.75, 3.05) is 11.9 Å². The van der Waals surface area contributed by atoms with Gasteiger partial charge in [0.05, 0.1) is 6.04 Å². The van der Waals surface area contributed by atoms with Gasteiger partial charge >= 0.3 is 0 Å². The van der Waals surface area contributed by atoms with Crippen LogP contribution in [0.1, 0.15) is 39.7 Å². The van der Waals surface area contributed by atoms with Crippen LogP contribution in [0, 0.1) is 0 Å². The molecule has 2 unspecified atom stereocenters. The highest BCUT2D eigenvalue weighted by Crippen LogP contribution is 2.26. The first-order chi connectivity index (χ1) is 14.2. The smallest absolute Gasteiger partial charge is 0.253 e. The highest BCUT2D eigenvalue weighted by Gasteiger charge is 2.24. The Hall–Kier alpha value is -2.96. The number of carbonyl (C=O) groups is 2. The first kappa shape index (κ1) is 19.4. The molecule has 1 aromatic heterocycles. The topological polar surface area (TPSA) is 67.4 Å². The quantitative estimate of drug-likeness (QED) is 0.638. The van der Waals surface area contributed by atoms with E-state index in [1.54, 1.807) is 35.6 Å². The number of nitrogens with one attached hydrogen (secondary N) is 2. The van der Waals surface area contributed by atoms with Crippen LogP contribution < -0.4 is 10.6 Å². The number of thiophene rings is 1. The third kappa shape index (κ3) is 4.72. The molecular formula is C23H22N2O3S. The molecule has 2 N–H and O–H groups in total. The Balaban J connectivity index is 1.50. The van der Waals surface area contributed by atoms with E-state index in [2.05, 4.69) is 10.6 Å². The van der Waals surface area contributed by atoms with E-state index >= 15 is 0 Å². The number of amides is 2. The number of hydrogen-bond donors (Lipinski definition) is 2. The molecule has 0 spiro atoms. The molecule has 1 fully saturated rings. The first-order valence-corrected chi connectivity index (χ1v) is 10.5. The summed E-state index contributed by atoms with van der Waals surface area (Å²) < 4.78 is 5.42. The maximum Gasteiger partial charge on any atom is 0.253 e. The van der Waals surface area contributed by atoms with Crippen molar-refractivity contribution >= 4 is 28.8 Å². The minimum absolute atomic E-state index is 0.166. The average Bonchev–Trinajstić information content (AvgIpc) is 3.47. The Morgan fingerprint density at radius 2 is 1.90 bits per heavy atom. The zero-order chi connectivity index (χ0) is 20.1. The molecule has 0 aliphatic carbocycles. The van der Waals surface area contributed by atoms with Gasteiger partial charge in [-0.15, -0.1) is 11.3 Å². The third-order valence-electron chi connectivity index (χ3n) is 4.85. The Morgan fingerprint density at radius 3 is 2.62 bits per heavy atom. The molecule has 1 aliphatic heterocycles. The second-order valence-corrected chi connectivity index (χ2v) is 7.88. The lowest BCUT2D eigenvalue weighted by Gasteiger charge is -2.18. The van der Waals surface area contributed by atoms with Crippen LogP contribution in [0.15, 0.2) is 72.1 Å². The Labute approximate surface area is 173 Å². The molecule has 0 saturated carbocycles. The molecule has 2 heterocycles. The van der Waals surface area contributed by atoms with Gasteiger partial charge in [0, 0.05) is 22.7 Å². The maximum absolute atomic E-state index is 13.0. The van der Waals surface area contributed by atoms with Gasteiger partial charge in [-0.3, -0.25) is 9.59 Å². The lowest BCUT2D eigenvalue weighted by atomic mass is 10.0. The molecule has 0 bridgehead atoms. The highest BCUT2D eigenvalue weighted by molar-refractivity contribution is 7.10. The molecule has 1 aliphatic rings. The standard InChI is InChI=1S/C23H22N2O3S/c26-22(25-21(20-12-6-14-29-20)16-7-2-1-3-8-16)17-9-4-10-18(15-17)24-23(27)19-11-5-13-28-19/h1-4,6-10,12,14-15,19,21H,5,11,13H2,(H,24,27)(H,25,26). The van der Waals surface area contributed by atoms with E-state index in [4.69, 9.17) is 4.74 Å². The van der Waals surface area contributed by atoms with Crippen LogP contribution in [0.4, 0.5) is 5.69 Å². The Morgan fingerprint density at radius 1 is 1.03 bits per heavy atom. The molecule has 29 heavy (non-hydrogen) atoms. The predicted octanol–water partition coefficient (Wildman–Crippen LogP) is 4.39. The molecule has 2 aromatic carbocycles. The summed E-state index contributed by atoms with van der Waals surface area (Å²) in [6, 6.07) is 20.6. The fourth-order valence-electron chi connectivity index (χ4n) is 3.38. The van der Waals surface area contributed by atoms with Crippen molar-refractivity contribution in [1.29, 1.82) is 0 Å². The molecule has 4 rings (SSSR count). The van der Waals surface area contributed by atoms with Crippen LogP contribution in [-0.2, 0) is 9.53 Å². The van der Waals surface area contributed by atoms with E-state index in [-0.39, 0.29) is 17.9 Å². The van der Waals surface area contributed by atoms with Gasteiger partial charge < -0.3 is 15.4 Å². The largest absolute Gasteiger partial charge is 0.368 e. The van der Waals surface area contributed by atoms with E-state index in [0.29, 0.717) is 17.9 Å². The number of hydrogen-bond acceptors (Lipinski definition) is 4. The van der Waals surface area contributed by atoms with Crippen LogP contribution in [0.25, 0.3) is 0 Å². The minimum Gasteiger partial charge on any atom is -0.368 e. The molecule has 0 radical (unpaired) electrons. The Bertz CT molecular complexity index is 967. The zero-order valence-corrected chi connectivity index (χ0v) is 16.7. The minimum atomic E-state index is -0.409. The summed E-state index contributed by atoms with van der Waals surface area (Å²) >= 11 is 1.60. The molecule has 1 saturated heterocycles. The number of anilines is 1. The van der Waals surface area contributed by atoms with Crippen LogP contribution in [-0.4, -0.2) is 24.5 Å². The highest BCUT2D eigenvalue weighted by atomic mass is 32.1. The van der Waals surface area contributed by atoms with Crippen molar-refractivity contribution in [3.63, 3.8) is 0 Å². The predicted molar refractivity (Wildman–Crippen MR) is 114 cm³/mol. The van der Waals surface area contributed by atoms with Crippen LogP contribution in [0.3, 0.4) is 0 Å². The molecule has 3 aromatic rings. The van der Waals surface area contributed by atoms with Crippen molar-refractivity contribution in [2.24, 2.45) is 0 Å². The summed E-state index contributed by atoms with van der Waals surface area (Å²) in [4.78, 5) is 26.3. The van der Waals surface area contributed by atoms with Gasteiger partial charge in [0.2, 0.25) is 0 Å². The molecule has 6 heteroatoms. The van der Waals surface area contributed by atoms with Gasteiger partial charge in [0.15, 0.2) is 0 Å². The summed E-state index contributed by atoms with van der Waals surface area (Å²) in [5, 5.41) is 7.97. The summed E-state index contributed by atoms with van der Waals surface area (Å²) in [5.74, 6) is -0.360. The third-order valence-corrected chi connectivity index (χ3v) is 5.79. The summed E-state index contributed by atoms with van der Waals surface area (Å²) in [6.45, 7) is 0.615. The van der Waals surface area contributed by atoms with Gasteiger partial charge in [-0.1, -0.05) is 42.5 Å². The van der Waals surface area contributed by atoms with E-state index in [9.17, 15) is 9.59 Å². The lowest BCUT2D eigenvalue weighted by molar-refractivity contribution is -0.124. The molecular weight excluding hydrogens is 384 g/mol. The number of ether oxygens (including phenoxy) is 1. The molecule has 2 amide bonds. The van der Waals surface area contributed by atoms with Crippen molar-refractivity contribution in [2.45, 2.75) is 25.0 Å². The van der Waals surface area contributed by atoms with E-state index in [1.807, 2.05) is 47.8 Å². The maximum atomic E-state index is 13.0. The molecule has 2 atom stereocenters. The van der Waals surface area contributed by atoms with Crippen molar-refractivity contribution < 1.29 is 14.3 Å². The van der Waals surface area contributed by atoms with Gasteiger partial charge in [-0.25, -0.2) is 0 Å². The van der Waals surface area contributed by atoms with E-state index < -0.39 is 6.10 Å². The monoisotopic (exact) mass is 406 g/mol. The SMILES string of the molecule is O=C(NC(c1ccccc1)c1cccs1)c1cccc(NC(=O)C2CCCO2)c1. The van der Waals surface area contributed by atoms with Crippen molar-refractivity contribution in [3.05, 3.63) is 88.1 Å². The van der Waals surface area contributed by atoms with E-state index in [1.165, 1.54) is 0 Å². The first-order valence-electron chi connectivity index (χ1n) is 9.62. The summed E-state index contributed by atoms with van der Waals surface area (Å²) in [7, 11) is 0. The second-order valence-electron chi connectivity index (χ2n) is 6.90. The molecule has 148 valence electrons. The number of benzene rings is 2.